The Bertz CT molecular complexity index is 517. The van der Waals surface area contributed by atoms with Crippen molar-refractivity contribution in [3.8, 4) is 0 Å². The Balaban J connectivity index is 2.30. The third-order valence-electron chi connectivity index (χ3n) is 3.02. The summed E-state index contributed by atoms with van der Waals surface area (Å²) in [5, 5.41) is 9.01. The molecule has 2 rings (SSSR count). The molecule has 1 saturated heterocycles. The highest BCUT2D eigenvalue weighted by Gasteiger charge is 2.25. The van der Waals surface area contributed by atoms with Crippen LogP contribution in [0, 0.1) is 0 Å². The van der Waals surface area contributed by atoms with Gasteiger partial charge in [0.05, 0.1) is 24.8 Å². The Morgan fingerprint density at radius 1 is 1.37 bits per heavy atom. The second-order valence-electron chi connectivity index (χ2n) is 4.46. The van der Waals surface area contributed by atoms with Crippen molar-refractivity contribution in [1.29, 1.82) is 0 Å². The highest BCUT2D eigenvalue weighted by molar-refractivity contribution is 9.10. The lowest BCUT2D eigenvalue weighted by Gasteiger charge is -2.33. The molecule has 102 valence electrons. The van der Waals surface area contributed by atoms with Crippen LogP contribution in [0.5, 0.6) is 0 Å². The van der Waals surface area contributed by atoms with Crippen molar-refractivity contribution in [2.45, 2.75) is 13.0 Å². The van der Waals surface area contributed by atoms with Crippen LogP contribution in [-0.4, -0.2) is 47.7 Å². The maximum Gasteiger partial charge on any atom is 0.335 e. The molecule has 5 nitrogen and oxygen atoms in total. The number of hydrogen-bond acceptors (Lipinski definition) is 3. The molecular weight excluding hydrogens is 314 g/mol. The number of amides is 1. The van der Waals surface area contributed by atoms with Gasteiger partial charge in [0.1, 0.15) is 0 Å². The minimum absolute atomic E-state index is 0.00601. The molecule has 1 atom stereocenters. The zero-order chi connectivity index (χ0) is 14.0. The molecule has 0 aromatic heterocycles. The van der Waals surface area contributed by atoms with Gasteiger partial charge < -0.3 is 14.7 Å². The summed E-state index contributed by atoms with van der Waals surface area (Å²) in [6.07, 6.45) is 0. The Labute approximate surface area is 119 Å². The van der Waals surface area contributed by atoms with Crippen LogP contribution in [0.1, 0.15) is 27.6 Å². The Hall–Kier alpha value is -1.40. The fraction of sp³-hybridized carbons (Fsp3) is 0.385. The first kappa shape index (κ1) is 14.0. The standard InChI is InChI=1S/C13H14BrNO4/c1-8-7-19-3-2-15(8)12(16)9-4-10(13(17)18)6-11(14)5-9/h4-6,8H,2-3,7H2,1H3,(H,17,18). The molecule has 1 aliphatic heterocycles. The van der Waals surface area contributed by atoms with Crippen molar-refractivity contribution in [3.63, 3.8) is 0 Å². The van der Waals surface area contributed by atoms with E-state index in [9.17, 15) is 9.59 Å². The van der Waals surface area contributed by atoms with Crippen molar-refractivity contribution < 1.29 is 19.4 Å². The van der Waals surface area contributed by atoms with Crippen LogP contribution in [0.4, 0.5) is 0 Å². The predicted octanol–water partition coefficient (Wildman–Crippen LogP) is 2.01. The van der Waals surface area contributed by atoms with Crippen LogP contribution in [-0.2, 0) is 4.74 Å². The molecule has 1 unspecified atom stereocenters. The van der Waals surface area contributed by atoms with Crippen molar-refractivity contribution in [2.24, 2.45) is 0 Å². The minimum Gasteiger partial charge on any atom is -0.478 e. The van der Waals surface area contributed by atoms with E-state index in [-0.39, 0.29) is 17.5 Å². The highest BCUT2D eigenvalue weighted by atomic mass is 79.9. The SMILES string of the molecule is CC1COCCN1C(=O)c1cc(Br)cc(C(=O)O)c1. The molecule has 0 aliphatic carbocycles. The molecule has 1 amide bonds. The number of carbonyl (C=O) groups excluding carboxylic acids is 1. The Kier molecular flexibility index (Phi) is 4.21. The summed E-state index contributed by atoms with van der Waals surface area (Å²) in [7, 11) is 0. The zero-order valence-electron chi connectivity index (χ0n) is 10.4. The zero-order valence-corrected chi connectivity index (χ0v) is 12.0. The van der Waals surface area contributed by atoms with Gasteiger partial charge in [-0.15, -0.1) is 0 Å². The molecule has 0 radical (unpaired) electrons. The summed E-state index contributed by atoms with van der Waals surface area (Å²) < 4.78 is 5.87. The second-order valence-corrected chi connectivity index (χ2v) is 5.37. The lowest BCUT2D eigenvalue weighted by molar-refractivity contribution is 0.00359. The third kappa shape index (κ3) is 3.13. The lowest BCUT2D eigenvalue weighted by atomic mass is 10.1. The van der Waals surface area contributed by atoms with E-state index in [0.717, 1.165) is 0 Å². The normalized spacial score (nSPS) is 19.3. The van der Waals surface area contributed by atoms with E-state index < -0.39 is 5.97 Å². The second kappa shape index (κ2) is 5.71. The summed E-state index contributed by atoms with van der Waals surface area (Å²) >= 11 is 3.23. The number of carboxylic acids is 1. The first-order chi connectivity index (χ1) is 8.99. The first-order valence-electron chi connectivity index (χ1n) is 5.91. The molecule has 0 saturated carbocycles. The molecule has 1 fully saturated rings. The molecule has 0 bridgehead atoms. The van der Waals surface area contributed by atoms with Crippen LogP contribution < -0.4 is 0 Å². The minimum atomic E-state index is -1.05. The smallest absolute Gasteiger partial charge is 0.335 e. The molecule has 1 heterocycles. The van der Waals surface area contributed by atoms with E-state index in [1.807, 2.05) is 6.92 Å². The number of rotatable bonds is 2. The van der Waals surface area contributed by atoms with Gasteiger partial charge in [-0.2, -0.15) is 0 Å². The largest absolute Gasteiger partial charge is 0.478 e. The van der Waals surface area contributed by atoms with Gasteiger partial charge in [-0.05, 0) is 25.1 Å². The molecule has 19 heavy (non-hydrogen) atoms. The van der Waals surface area contributed by atoms with Gasteiger partial charge in [0.25, 0.3) is 5.91 Å². The highest BCUT2D eigenvalue weighted by Crippen LogP contribution is 2.19. The van der Waals surface area contributed by atoms with Crippen LogP contribution in [0.25, 0.3) is 0 Å². The van der Waals surface area contributed by atoms with E-state index in [1.54, 1.807) is 11.0 Å². The van der Waals surface area contributed by atoms with Gasteiger partial charge in [0.15, 0.2) is 0 Å². The van der Waals surface area contributed by atoms with E-state index in [0.29, 0.717) is 29.8 Å². The first-order valence-corrected chi connectivity index (χ1v) is 6.71. The number of carbonyl (C=O) groups is 2. The molecule has 0 spiro atoms. The number of morpholine rings is 1. The molecule has 1 aromatic rings. The van der Waals surface area contributed by atoms with Crippen molar-refractivity contribution in [2.75, 3.05) is 19.8 Å². The van der Waals surface area contributed by atoms with Crippen LogP contribution in [0.15, 0.2) is 22.7 Å². The number of aromatic carboxylic acids is 1. The average molecular weight is 328 g/mol. The van der Waals surface area contributed by atoms with Gasteiger partial charge in [0.2, 0.25) is 0 Å². The molecule has 1 aromatic carbocycles. The van der Waals surface area contributed by atoms with E-state index in [4.69, 9.17) is 9.84 Å². The fourth-order valence-corrected chi connectivity index (χ4v) is 2.52. The summed E-state index contributed by atoms with van der Waals surface area (Å²) in [4.78, 5) is 25.1. The van der Waals surface area contributed by atoms with Gasteiger partial charge in [-0.1, -0.05) is 15.9 Å². The van der Waals surface area contributed by atoms with Crippen LogP contribution in [0.2, 0.25) is 0 Å². The third-order valence-corrected chi connectivity index (χ3v) is 3.48. The number of hydrogen-bond donors (Lipinski definition) is 1. The monoisotopic (exact) mass is 327 g/mol. The van der Waals surface area contributed by atoms with Crippen molar-refractivity contribution in [3.05, 3.63) is 33.8 Å². The Morgan fingerprint density at radius 2 is 2.05 bits per heavy atom. The van der Waals surface area contributed by atoms with Crippen LogP contribution >= 0.6 is 15.9 Å². The molecule has 1 N–H and O–H groups in total. The lowest BCUT2D eigenvalue weighted by Crippen LogP contribution is -2.47. The topological polar surface area (TPSA) is 66.8 Å². The molecule has 6 heteroatoms. The Morgan fingerprint density at radius 3 is 2.68 bits per heavy atom. The number of nitrogens with zero attached hydrogens (tertiary/aromatic N) is 1. The summed E-state index contributed by atoms with van der Waals surface area (Å²) in [6.45, 7) is 3.45. The summed E-state index contributed by atoms with van der Waals surface area (Å²) in [5.41, 5.74) is 0.471. The molecular formula is C13H14BrNO4. The van der Waals surface area contributed by atoms with Crippen LogP contribution in [0.3, 0.4) is 0 Å². The van der Waals surface area contributed by atoms with Gasteiger partial charge in [-0.3, -0.25) is 4.79 Å². The number of carboxylic acid groups (broad SMARTS) is 1. The molecule has 1 aliphatic rings. The number of halogens is 1. The van der Waals surface area contributed by atoms with Crippen molar-refractivity contribution in [1.82, 2.24) is 4.90 Å². The average Bonchev–Trinajstić information content (AvgIpc) is 2.37. The van der Waals surface area contributed by atoms with E-state index in [2.05, 4.69) is 15.9 Å². The number of benzene rings is 1. The van der Waals surface area contributed by atoms with Gasteiger partial charge >= 0.3 is 5.97 Å². The maximum absolute atomic E-state index is 12.4. The number of ether oxygens (including phenoxy) is 1. The quantitative estimate of drug-likeness (QED) is 0.902. The maximum atomic E-state index is 12.4. The van der Waals surface area contributed by atoms with E-state index in [1.165, 1.54) is 12.1 Å². The van der Waals surface area contributed by atoms with Gasteiger partial charge in [-0.25, -0.2) is 4.79 Å². The fourth-order valence-electron chi connectivity index (χ4n) is 2.03. The van der Waals surface area contributed by atoms with Gasteiger partial charge in [0, 0.05) is 16.6 Å². The van der Waals surface area contributed by atoms with Crippen molar-refractivity contribution >= 4 is 27.8 Å². The predicted molar refractivity (Wildman–Crippen MR) is 72.4 cm³/mol. The summed E-state index contributed by atoms with van der Waals surface area (Å²) in [5.74, 6) is -1.22. The van der Waals surface area contributed by atoms with E-state index >= 15 is 0 Å². The summed E-state index contributed by atoms with van der Waals surface area (Å²) in [6, 6.07) is 4.50.